The van der Waals surface area contributed by atoms with E-state index >= 15 is 0 Å². The molecule has 0 bridgehead atoms. The van der Waals surface area contributed by atoms with E-state index in [9.17, 15) is 19.8 Å². The van der Waals surface area contributed by atoms with Gasteiger partial charge >= 0.3 is 11.9 Å². The van der Waals surface area contributed by atoms with Crippen LogP contribution in [-0.2, 0) is 19.1 Å². The molecule has 4 atom stereocenters. The fourth-order valence-corrected chi connectivity index (χ4v) is 1.73. The first-order valence-electron chi connectivity index (χ1n) is 6.93. The van der Waals surface area contributed by atoms with Gasteiger partial charge in [-0.15, -0.1) is 0 Å². The van der Waals surface area contributed by atoms with Crippen LogP contribution in [0.2, 0.25) is 0 Å². The van der Waals surface area contributed by atoms with Crippen molar-refractivity contribution in [2.75, 3.05) is 0 Å². The smallest absolute Gasteiger partial charge is 0.333 e. The van der Waals surface area contributed by atoms with E-state index in [1.165, 1.54) is 19.1 Å². The SMILES string of the molecule is C/C=C(\C)C(=O)O[C@H]1CCC(=O)O[C@H]1/C=C/[C@@H](O)[C@@H](C)O. The summed E-state index contributed by atoms with van der Waals surface area (Å²) in [6, 6.07) is 0. The molecule has 0 saturated carbocycles. The van der Waals surface area contributed by atoms with Crippen LogP contribution in [0.5, 0.6) is 0 Å². The first kappa shape index (κ1) is 17.4. The van der Waals surface area contributed by atoms with Crippen molar-refractivity contribution in [3.8, 4) is 0 Å². The molecular formula is C15H22O6. The second-order valence-electron chi connectivity index (χ2n) is 5.02. The maximum Gasteiger partial charge on any atom is 0.333 e. The third kappa shape index (κ3) is 5.32. The molecule has 0 aromatic carbocycles. The average molecular weight is 298 g/mol. The minimum absolute atomic E-state index is 0.177. The third-order valence-electron chi connectivity index (χ3n) is 3.27. The molecule has 1 saturated heterocycles. The molecule has 0 aliphatic carbocycles. The number of aliphatic hydroxyl groups is 2. The number of hydrogen-bond acceptors (Lipinski definition) is 6. The monoisotopic (exact) mass is 298 g/mol. The molecule has 21 heavy (non-hydrogen) atoms. The van der Waals surface area contributed by atoms with Crippen molar-refractivity contribution in [2.45, 2.75) is 58.0 Å². The molecule has 6 nitrogen and oxygen atoms in total. The Morgan fingerprint density at radius 2 is 2.14 bits per heavy atom. The lowest BCUT2D eigenvalue weighted by atomic mass is 10.0. The third-order valence-corrected chi connectivity index (χ3v) is 3.27. The highest BCUT2D eigenvalue weighted by Gasteiger charge is 2.32. The van der Waals surface area contributed by atoms with Gasteiger partial charge in [0.1, 0.15) is 6.10 Å². The Kier molecular flexibility index (Phi) is 6.58. The van der Waals surface area contributed by atoms with Crippen molar-refractivity contribution in [3.05, 3.63) is 23.8 Å². The van der Waals surface area contributed by atoms with Gasteiger partial charge < -0.3 is 19.7 Å². The van der Waals surface area contributed by atoms with Gasteiger partial charge in [0.05, 0.1) is 12.2 Å². The topological polar surface area (TPSA) is 93.1 Å². The van der Waals surface area contributed by atoms with Crippen LogP contribution in [0.3, 0.4) is 0 Å². The first-order chi connectivity index (χ1) is 9.85. The number of ether oxygens (including phenoxy) is 2. The van der Waals surface area contributed by atoms with Gasteiger partial charge in [-0.2, -0.15) is 0 Å². The average Bonchev–Trinajstić information content (AvgIpc) is 2.45. The molecule has 1 rings (SSSR count). The van der Waals surface area contributed by atoms with Crippen LogP contribution in [0.4, 0.5) is 0 Å². The second kappa shape index (κ2) is 7.95. The largest absolute Gasteiger partial charge is 0.455 e. The fraction of sp³-hybridized carbons (Fsp3) is 0.600. The van der Waals surface area contributed by atoms with E-state index in [-0.39, 0.29) is 12.4 Å². The molecule has 6 heteroatoms. The van der Waals surface area contributed by atoms with Crippen LogP contribution in [0, 0.1) is 0 Å². The van der Waals surface area contributed by atoms with Gasteiger partial charge in [0.25, 0.3) is 0 Å². The Morgan fingerprint density at radius 3 is 2.71 bits per heavy atom. The normalized spacial score (nSPS) is 26.3. The van der Waals surface area contributed by atoms with Crippen molar-refractivity contribution >= 4 is 11.9 Å². The van der Waals surface area contributed by atoms with Gasteiger partial charge in [-0.1, -0.05) is 12.2 Å². The summed E-state index contributed by atoms with van der Waals surface area (Å²) < 4.78 is 10.4. The van der Waals surface area contributed by atoms with E-state index in [1.807, 2.05) is 0 Å². The summed E-state index contributed by atoms with van der Waals surface area (Å²) in [5.41, 5.74) is 0.471. The number of carbonyl (C=O) groups is 2. The standard InChI is InChI=1S/C15H22O6/c1-4-9(2)15(19)21-13-7-8-14(18)20-12(13)6-5-11(17)10(3)16/h4-6,10-13,16-17H,7-8H2,1-3H3/b6-5+,9-4+/t10-,11-,12+,13+/m1/s1. The zero-order valence-corrected chi connectivity index (χ0v) is 12.5. The molecule has 1 fully saturated rings. The quantitative estimate of drug-likeness (QED) is 0.444. The van der Waals surface area contributed by atoms with Crippen molar-refractivity contribution in [3.63, 3.8) is 0 Å². The molecule has 0 aromatic rings. The zero-order valence-electron chi connectivity index (χ0n) is 12.5. The predicted octanol–water partition coefficient (Wildman–Crippen LogP) is 0.868. The summed E-state index contributed by atoms with van der Waals surface area (Å²) in [5.74, 6) is -0.846. The molecule has 0 radical (unpaired) electrons. The summed E-state index contributed by atoms with van der Waals surface area (Å²) in [6.07, 6.45) is 1.59. The second-order valence-corrected chi connectivity index (χ2v) is 5.02. The van der Waals surface area contributed by atoms with Crippen LogP contribution < -0.4 is 0 Å². The van der Waals surface area contributed by atoms with Crippen LogP contribution in [0.15, 0.2) is 23.8 Å². The number of allylic oxidation sites excluding steroid dienone is 1. The van der Waals surface area contributed by atoms with Crippen molar-refractivity contribution < 1.29 is 29.3 Å². The summed E-state index contributed by atoms with van der Waals surface area (Å²) in [4.78, 5) is 23.1. The fourth-order valence-electron chi connectivity index (χ4n) is 1.73. The molecule has 2 N–H and O–H groups in total. The number of cyclic esters (lactones) is 1. The lowest BCUT2D eigenvalue weighted by Crippen LogP contribution is -2.39. The number of aliphatic hydroxyl groups excluding tert-OH is 2. The number of esters is 2. The minimum atomic E-state index is -1.07. The van der Waals surface area contributed by atoms with Gasteiger partial charge in [-0.3, -0.25) is 4.79 Å². The Bertz CT molecular complexity index is 437. The molecule has 1 aliphatic heterocycles. The molecule has 1 aliphatic rings. The first-order valence-corrected chi connectivity index (χ1v) is 6.93. The van der Waals surface area contributed by atoms with Gasteiger partial charge in [0.15, 0.2) is 6.10 Å². The van der Waals surface area contributed by atoms with E-state index in [1.54, 1.807) is 19.9 Å². The van der Waals surface area contributed by atoms with E-state index in [2.05, 4.69) is 0 Å². The Hall–Kier alpha value is -1.66. The maximum absolute atomic E-state index is 11.8. The van der Waals surface area contributed by atoms with Crippen molar-refractivity contribution in [1.82, 2.24) is 0 Å². The number of hydrogen-bond donors (Lipinski definition) is 2. The highest BCUT2D eigenvalue weighted by atomic mass is 16.6. The van der Waals surface area contributed by atoms with E-state index in [4.69, 9.17) is 9.47 Å². The van der Waals surface area contributed by atoms with Gasteiger partial charge in [-0.25, -0.2) is 4.79 Å². The Balaban J connectivity index is 2.75. The summed E-state index contributed by atoms with van der Waals surface area (Å²) >= 11 is 0. The molecule has 0 spiro atoms. The zero-order chi connectivity index (χ0) is 16.0. The van der Waals surface area contributed by atoms with E-state index in [0.717, 1.165) is 0 Å². The van der Waals surface area contributed by atoms with Crippen LogP contribution in [0.25, 0.3) is 0 Å². The van der Waals surface area contributed by atoms with Crippen molar-refractivity contribution in [2.24, 2.45) is 0 Å². The summed E-state index contributed by atoms with van der Waals surface area (Å²) in [7, 11) is 0. The van der Waals surface area contributed by atoms with Crippen LogP contribution in [0.1, 0.15) is 33.6 Å². The van der Waals surface area contributed by atoms with Crippen molar-refractivity contribution in [1.29, 1.82) is 0 Å². The van der Waals surface area contributed by atoms with E-state index in [0.29, 0.717) is 12.0 Å². The minimum Gasteiger partial charge on any atom is -0.455 e. The predicted molar refractivity (Wildman–Crippen MR) is 75.3 cm³/mol. The molecule has 0 aromatic heterocycles. The maximum atomic E-state index is 11.8. The van der Waals surface area contributed by atoms with Gasteiger partial charge in [0, 0.05) is 12.0 Å². The summed E-state index contributed by atoms with van der Waals surface area (Å²) in [5, 5.41) is 18.7. The van der Waals surface area contributed by atoms with Crippen LogP contribution >= 0.6 is 0 Å². The highest BCUT2D eigenvalue weighted by molar-refractivity contribution is 5.87. The lowest BCUT2D eigenvalue weighted by Gasteiger charge is -2.29. The lowest BCUT2D eigenvalue weighted by molar-refractivity contribution is -0.170. The molecular weight excluding hydrogens is 276 g/mol. The number of rotatable bonds is 5. The highest BCUT2D eigenvalue weighted by Crippen LogP contribution is 2.21. The molecule has 0 amide bonds. The molecule has 0 unspecified atom stereocenters. The Morgan fingerprint density at radius 1 is 1.48 bits per heavy atom. The van der Waals surface area contributed by atoms with Crippen LogP contribution in [-0.4, -0.2) is 46.6 Å². The molecule has 118 valence electrons. The van der Waals surface area contributed by atoms with Gasteiger partial charge in [0.2, 0.25) is 0 Å². The van der Waals surface area contributed by atoms with Gasteiger partial charge in [-0.05, 0) is 33.3 Å². The number of carbonyl (C=O) groups excluding carboxylic acids is 2. The summed E-state index contributed by atoms with van der Waals surface area (Å²) in [6.45, 7) is 4.81. The van der Waals surface area contributed by atoms with E-state index < -0.39 is 30.4 Å². The Labute approximate surface area is 124 Å². The molecule has 1 heterocycles.